The topological polar surface area (TPSA) is 46.2 Å². The normalized spacial score (nSPS) is 18.3. The molecule has 4 heteroatoms. The van der Waals surface area contributed by atoms with Gasteiger partial charge >= 0.3 is 0 Å². The number of hydrogen-bond acceptors (Lipinski definition) is 2. The summed E-state index contributed by atoms with van der Waals surface area (Å²) in [6, 6.07) is 10.1. The van der Waals surface area contributed by atoms with Gasteiger partial charge in [0.25, 0.3) is 0 Å². The smallest absolute Gasteiger partial charge is 0.208 e. The molecule has 88 valence electrons. The van der Waals surface area contributed by atoms with Gasteiger partial charge < -0.3 is 0 Å². The summed E-state index contributed by atoms with van der Waals surface area (Å²) in [5.74, 6) is 0.523. The molecule has 0 aromatic heterocycles. The third-order valence-corrected chi connectivity index (χ3v) is 3.59. The second-order valence-electron chi connectivity index (χ2n) is 4.52. The van der Waals surface area contributed by atoms with Crippen LogP contribution in [0.1, 0.15) is 18.4 Å². The summed E-state index contributed by atoms with van der Waals surface area (Å²) >= 11 is 0. The van der Waals surface area contributed by atoms with E-state index in [4.69, 9.17) is 0 Å². The van der Waals surface area contributed by atoms with E-state index in [1.165, 1.54) is 11.8 Å². The van der Waals surface area contributed by atoms with E-state index >= 15 is 0 Å². The van der Waals surface area contributed by atoms with Crippen LogP contribution in [-0.4, -0.2) is 20.7 Å². The highest BCUT2D eigenvalue weighted by atomic mass is 32.2. The number of benzene rings is 1. The molecule has 1 N–H and O–H groups in total. The van der Waals surface area contributed by atoms with Crippen molar-refractivity contribution >= 4 is 10.0 Å². The van der Waals surface area contributed by atoms with Crippen molar-refractivity contribution in [3.63, 3.8) is 0 Å². The van der Waals surface area contributed by atoms with Crippen molar-refractivity contribution in [3.8, 4) is 0 Å². The van der Waals surface area contributed by atoms with Crippen LogP contribution in [0.25, 0.3) is 0 Å². The molecule has 0 amide bonds. The summed E-state index contributed by atoms with van der Waals surface area (Å²) in [5.41, 5.74) is 1.19. The first kappa shape index (κ1) is 11.6. The lowest BCUT2D eigenvalue weighted by Crippen LogP contribution is -2.37. The summed E-state index contributed by atoms with van der Waals surface area (Å²) in [4.78, 5) is 0. The predicted octanol–water partition coefficient (Wildman–Crippen LogP) is 1.56. The summed E-state index contributed by atoms with van der Waals surface area (Å²) in [5, 5.41) is 0. The quantitative estimate of drug-likeness (QED) is 0.847. The second-order valence-corrected chi connectivity index (χ2v) is 6.30. The highest BCUT2D eigenvalue weighted by Gasteiger charge is 2.32. The summed E-state index contributed by atoms with van der Waals surface area (Å²) in [6.07, 6.45) is 4.30. The Bertz CT molecular complexity index is 437. The lowest BCUT2D eigenvalue weighted by Gasteiger charge is -2.16. The fraction of sp³-hybridized carbons (Fsp3) is 0.500. The first-order valence-corrected chi connectivity index (χ1v) is 7.45. The summed E-state index contributed by atoms with van der Waals surface area (Å²) in [7, 11) is -3.10. The number of hydrogen-bond donors (Lipinski definition) is 1. The lowest BCUT2D eigenvalue weighted by atomic mass is 10.0. The minimum Gasteiger partial charge on any atom is -0.213 e. The second kappa shape index (κ2) is 4.55. The molecule has 0 radical (unpaired) electrons. The number of nitrogens with one attached hydrogen (secondary N) is 1. The molecule has 0 heterocycles. The third-order valence-electron chi connectivity index (χ3n) is 2.85. The predicted molar refractivity (Wildman–Crippen MR) is 64.6 cm³/mol. The Kier molecular flexibility index (Phi) is 3.30. The van der Waals surface area contributed by atoms with Gasteiger partial charge in [-0.2, -0.15) is 0 Å². The van der Waals surface area contributed by atoms with Crippen LogP contribution in [0.3, 0.4) is 0 Å². The molecule has 1 atom stereocenters. The van der Waals surface area contributed by atoms with Crippen LogP contribution in [0.4, 0.5) is 0 Å². The zero-order valence-corrected chi connectivity index (χ0v) is 10.2. The molecule has 0 bridgehead atoms. The van der Waals surface area contributed by atoms with Crippen molar-refractivity contribution in [2.75, 3.05) is 6.26 Å². The molecule has 2 rings (SSSR count). The number of sulfonamides is 1. The van der Waals surface area contributed by atoms with Crippen molar-refractivity contribution in [1.29, 1.82) is 0 Å². The molecule has 0 saturated heterocycles. The van der Waals surface area contributed by atoms with E-state index in [1.807, 2.05) is 30.3 Å². The first-order valence-electron chi connectivity index (χ1n) is 5.56. The Morgan fingerprint density at radius 2 is 1.94 bits per heavy atom. The van der Waals surface area contributed by atoms with E-state index in [2.05, 4.69) is 4.72 Å². The maximum atomic E-state index is 11.3. The Morgan fingerprint density at radius 1 is 1.31 bits per heavy atom. The largest absolute Gasteiger partial charge is 0.213 e. The molecule has 3 nitrogen and oxygen atoms in total. The molecule has 1 saturated carbocycles. The zero-order chi connectivity index (χ0) is 11.6. The monoisotopic (exact) mass is 239 g/mol. The van der Waals surface area contributed by atoms with Gasteiger partial charge in [0.15, 0.2) is 0 Å². The SMILES string of the molecule is CS(=O)(=O)N[C@@H](Cc1ccccc1)C1CC1. The minimum absolute atomic E-state index is 0.0670. The van der Waals surface area contributed by atoms with Crippen molar-refractivity contribution in [2.24, 2.45) is 5.92 Å². The van der Waals surface area contributed by atoms with Crippen LogP contribution >= 0.6 is 0 Å². The maximum absolute atomic E-state index is 11.3. The standard InChI is InChI=1S/C12H17NO2S/c1-16(14,15)13-12(11-7-8-11)9-10-5-3-2-4-6-10/h2-6,11-13H,7-9H2,1H3/t12-/m0/s1. The zero-order valence-electron chi connectivity index (χ0n) is 9.39. The summed E-state index contributed by atoms with van der Waals surface area (Å²) < 4.78 is 25.2. The van der Waals surface area contributed by atoms with E-state index < -0.39 is 10.0 Å². The minimum atomic E-state index is -3.10. The molecule has 1 aromatic rings. The summed E-state index contributed by atoms with van der Waals surface area (Å²) in [6.45, 7) is 0. The van der Waals surface area contributed by atoms with Crippen LogP contribution in [0.15, 0.2) is 30.3 Å². The van der Waals surface area contributed by atoms with Crippen molar-refractivity contribution in [3.05, 3.63) is 35.9 Å². The van der Waals surface area contributed by atoms with Crippen molar-refractivity contribution < 1.29 is 8.42 Å². The van der Waals surface area contributed by atoms with Gasteiger partial charge in [-0.25, -0.2) is 13.1 Å². The number of rotatable bonds is 5. The van der Waals surface area contributed by atoms with E-state index in [0.29, 0.717) is 5.92 Å². The van der Waals surface area contributed by atoms with E-state index in [9.17, 15) is 8.42 Å². The van der Waals surface area contributed by atoms with E-state index in [-0.39, 0.29) is 6.04 Å². The van der Waals surface area contributed by atoms with Gasteiger partial charge in [0, 0.05) is 6.04 Å². The van der Waals surface area contributed by atoms with Crippen molar-refractivity contribution in [1.82, 2.24) is 4.72 Å². The highest BCUT2D eigenvalue weighted by molar-refractivity contribution is 7.88. The van der Waals surface area contributed by atoms with E-state index in [0.717, 1.165) is 19.3 Å². The van der Waals surface area contributed by atoms with Gasteiger partial charge in [-0.1, -0.05) is 30.3 Å². The molecule has 0 unspecified atom stereocenters. The Hall–Kier alpha value is -0.870. The molecular formula is C12H17NO2S. The molecule has 1 aliphatic carbocycles. The van der Waals surface area contributed by atoms with Crippen LogP contribution < -0.4 is 4.72 Å². The highest BCUT2D eigenvalue weighted by Crippen LogP contribution is 2.34. The molecule has 1 aromatic carbocycles. The van der Waals surface area contributed by atoms with Gasteiger partial charge in [0.05, 0.1) is 6.26 Å². The molecule has 1 aliphatic rings. The maximum Gasteiger partial charge on any atom is 0.208 e. The third kappa shape index (κ3) is 3.61. The van der Waals surface area contributed by atoms with Crippen LogP contribution in [0.5, 0.6) is 0 Å². The molecular weight excluding hydrogens is 222 g/mol. The average Bonchev–Trinajstić information content (AvgIpc) is 2.99. The van der Waals surface area contributed by atoms with Gasteiger partial charge in [-0.05, 0) is 30.7 Å². The fourth-order valence-electron chi connectivity index (χ4n) is 1.95. The van der Waals surface area contributed by atoms with Crippen LogP contribution in [-0.2, 0) is 16.4 Å². The molecule has 1 fully saturated rings. The van der Waals surface area contributed by atoms with E-state index in [1.54, 1.807) is 0 Å². The van der Waals surface area contributed by atoms with Gasteiger partial charge in [-0.3, -0.25) is 0 Å². The van der Waals surface area contributed by atoms with Gasteiger partial charge in [-0.15, -0.1) is 0 Å². The average molecular weight is 239 g/mol. The molecule has 0 spiro atoms. The lowest BCUT2D eigenvalue weighted by molar-refractivity contribution is 0.515. The first-order chi connectivity index (χ1) is 7.54. The van der Waals surface area contributed by atoms with Crippen LogP contribution in [0, 0.1) is 5.92 Å². The Labute approximate surface area is 96.9 Å². The fourth-order valence-corrected chi connectivity index (χ4v) is 2.77. The Morgan fingerprint density at radius 3 is 2.44 bits per heavy atom. The van der Waals surface area contributed by atoms with Gasteiger partial charge in [0.1, 0.15) is 0 Å². The molecule has 16 heavy (non-hydrogen) atoms. The Balaban J connectivity index is 2.04. The van der Waals surface area contributed by atoms with Crippen molar-refractivity contribution in [2.45, 2.75) is 25.3 Å². The van der Waals surface area contributed by atoms with Gasteiger partial charge in [0.2, 0.25) is 10.0 Å². The molecule has 0 aliphatic heterocycles. The van der Waals surface area contributed by atoms with Crippen LogP contribution in [0.2, 0.25) is 0 Å².